The van der Waals surface area contributed by atoms with E-state index in [1.54, 1.807) is 26.0 Å². The first kappa shape index (κ1) is 33.6. The van der Waals surface area contributed by atoms with Gasteiger partial charge in [0.15, 0.2) is 0 Å². The van der Waals surface area contributed by atoms with E-state index in [-0.39, 0.29) is 30.0 Å². The molecule has 1 aromatic carbocycles. The number of nitrogens with one attached hydrogen (secondary N) is 3. The second-order valence-electron chi connectivity index (χ2n) is 12.6. The molecule has 0 bridgehead atoms. The molecule has 4 N–H and O–H groups in total. The lowest BCUT2D eigenvalue weighted by Crippen LogP contribution is -2.59. The highest BCUT2D eigenvalue weighted by Gasteiger charge is 2.38. The molecule has 0 aliphatic carbocycles. The lowest BCUT2D eigenvalue weighted by atomic mass is 10.00. The van der Waals surface area contributed by atoms with Gasteiger partial charge in [0.25, 0.3) is 0 Å². The molecule has 6 rings (SSSR count). The summed E-state index contributed by atoms with van der Waals surface area (Å²) in [5.41, 5.74) is -0.407. The summed E-state index contributed by atoms with van der Waals surface area (Å²) in [6.07, 6.45) is -1.95. The van der Waals surface area contributed by atoms with Crippen LogP contribution in [0.1, 0.15) is 41.7 Å². The van der Waals surface area contributed by atoms with Gasteiger partial charge in [0.2, 0.25) is 5.91 Å². The van der Waals surface area contributed by atoms with Crippen LogP contribution in [-0.4, -0.2) is 113 Å². The van der Waals surface area contributed by atoms with Crippen molar-refractivity contribution in [1.29, 1.82) is 0 Å². The summed E-state index contributed by atoms with van der Waals surface area (Å²) in [4.78, 5) is 48.7. The molecule has 3 saturated heterocycles. The number of alkyl halides is 3. The van der Waals surface area contributed by atoms with Gasteiger partial charge in [-0.1, -0.05) is 11.6 Å². The van der Waals surface area contributed by atoms with Gasteiger partial charge >= 0.3 is 18.2 Å². The van der Waals surface area contributed by atoms with Crippen LogP contribution in [0, 0.1) is 0 Å². The molecule has 3 fully saturated rings. The lowest BCUT2D eigenvalue weighted by molar-refractivity contribution is -0.138. The smallest absolute Gasteiger partial charge is 0.420 e. The van der Waals surface area contributed by atoms with Gasteiger partial charge in [0.1, 0.15) is 11.8 Å². The Hall–Kier alpha value is -3.27. The summed E-state index contributed by atoms with van der Waals surface area (Å²) in [5, 5.41) is 20.5. The van der Waals surface area contributed by atoms with Gasteiger partial charge in [-0.15, -0.1) is 11.3 Å². The minimum Gasteiger partial charge on any atom is -0.506 e. The molecule has 5 amide bonds. The molecule has 0 saturated carbocycles. The Bertz CT molecular complexity index is 1470. The molecule has 11 nitrogen and oxygen atoms in total. The van der Waals surface area contributed by atoms with Crippen molar-refractivity contribution >= 4 is 46.6 Å². The number of carbonyl (C=O) groups excluding carboxylic acids is 3. The summed E-state index contributed by atoms with van der Waals surface area (Å²) in [6.45, 7) is 5.31. The van der Waals surface area contributed by atoms with Gasteiger partial charge in [-0.05, 0) is 67.9 Å². The van der Waals surface area contributed by atoms with Crippen molar-refractivity contribution in [2.45, 2.75) is 63.0 Å². The van der Waals surface area contributed by atoms with Crippen molar-refractivity contribution in [3.05, 3.63) is 44.6 Å². The average Bonchev–Trinajstić information content (AvgIpc) is 3.52. The predicted molar refractivity (Wildman–Crippen MR) is 172 cm³/mol. The third kappa shape index (κ3) is 7.58. The van der Waals surface area contributed by atoms with Crippen LogP contribution < -0.4 is 16.0 Å². The number of amides is 5. The minimum absolute atomic E-state index is 0.0647. The molecule has 4 aliphatic heterocycles. The van der Waals surface area contributed by atoms with Gasteiger partial charge in [-0.25, -0.2) is 9.59 Å². The topological polar surface area (TPSA) is 120 Å². The second-order valence-corrected chi connectivity index (χ2v) is 14.0. The number of piperazine rings is 1. The zero-order valence-corrected chi connectivity index (χ0v) is 27.4. The van der Waals surface area contributed by atoms with Crippen molar-refractivity contribution < 1.29 is 32.7 Å². The largest absolute Gasteiger partial charge is 0.506 e. The summed E-state index contributed by atoms with van der Waals surface area (Å²) in [7, 11) is 0. The van der Waals surface area contributed by atoms with Gasteiger partial charge in [-0.3, -0.25) is 9.69 Å². The third-order valence-corrected chi connectivity index (χ3v) is 10.9. The first-order valence-electron chi connectivity index (χ1n) is 16.0. The van der Waals surface area contributed by atoms with Crippen molar-refractivity contribution in [2.24, 2.45) is 0 Å². The molecule has 5 heterocycles. The number of rotatable bonds is 6. The number of phenols is 1. The van der Waals surface area contributed by atoms with Crippen molar-refractivity contribution in [3.63, 3.8) is 0 Å². The van der Waals surface area contributed by atoms with Crippen LogP contribution in [0.3, 0.4) is 0 Å². The molecule has 256 valence electrons. The van der Waals surface area contributed by atoms with Crippen LogP contribution >= 0.6 is 22.9 Å². The van der Waals surface area contributed by atoms with E-state index in [9.17, 15) is 32.7 Å². The number of likely N-dealkylation sites (tertiary alicyclic amines) is 1. The molecule has 0 spiro atoms. The first-order chi connectivity index (χ1) is 22.5. The van der Waals surface area contributed by atoms with Crippen molar-refractivity contribution in [2.75, 3.05) is 57.7 Å². The lowest BCUT2D eigenvalue weighted by Gasteiger charge is -2.42. The number of halogens is 4. The van der Waals surface area contributed by atoms with Crippen molar-refractivity contribution in [3.8, 4) is 5.75 Å². The number of phenolic OH excluding ortho intramolecular Hbond substituents is 1. The number of nitrogens with zero attached hydrogens (tertiary/aromatic N) is 4. The van der Waals surface area contributed by atoms with Crippen LogP contribution in [0.4, 0.5) is 28.4 Å². The van der Waals surface area contributed by atoms with Crippen molar-refractivity contribution in [1.82, 2.24) is 30.2 Å². The van der Waals surface area contributed by atoms with E-state index < -0.39 is 34.6 Å². The van der Waals surface area contributed by atoms with E-state index in [1.807, 2.05) is 11.4 Å². The Labute approximate surface area is 280 Å². The van der Waals surface area contributed by atoms with Gasteiger partial charge in [0.05, 0.1) is 22.8 Å². The van der Waals surface area contributed by atoms with Gasteiger partial charge in [0, 0.05) is 62.7 Å². The maximum absolute atomic E-state index is 13.9. The fourth-order valence-corrected chi connectivity index (χ4v) is 8.10. The number of thiophene rings is 1. The molecule has 47 heavy (non-hydrogen) atoms. The number of benzene rings is 1. The summed E-state index contributed by atoms with van der Waals surface area (Å²) in [5.74, 6) is -1.46. The van der Waals surface area contributed by atoms with E-state index in [2.05, 4.69) is 20.9 Å². The number of urea groups is 2. The molecule has 2 aromatic rings. The zero-order valence-electron chi connectivity index (χ0n) is 25.8. The number of hydrogen-bond acceptors (Lipinski definition) is 7. The highest BCUT2D eigenvalue weighted by Crippen LogP contribution is 2.40. The first-order valence-corrected chi connectivity index (χ1v) is 17.2. The van der Waals surface area contributed by atoms with E-state index in [0.29, 0.717) is 64.7 Å². The van der Waals surface area contributed by atoms with Crippen LogP contribution in [-0.2, 0) is 23.9 Å². The van der Waals surface area contributed by atoms with E-state index in [0.717, 1.165) is 42.6 Å². The molecule has 16 heteroatoms. The average molecular weight is 698 g/mol. The number of anilines is 1. The number of piperidine rings is 2. The van der Waals surface area contributed by atoms with Crippen LogP contribution in [0.15, 0.2) is 23.6 Å². The molecule has 0 unspecified atom stereocenters. The number of fused-ring (bicyclic) bond motifs is 1. The summed E-state index contributed by atoms with van der Waals surface area (Å²) in [6, 6.07) is 2.40. The monoisotopic (exact) mass is 697 g/mol. The Balaban J connectivity index is 1.13. The second kappa shape index (κ2) is 14.1. The molecule has 0 radical (unpaired) electrons. The summed E-state index contributed by atoms with van der Waals surface area (Å²) >= 11 is 7.56. The maximum Gasteiger partial charge on any atom is 0.420 e. The Morgan fingerprint density at radius 3 is 2.40 bits per heavy atom. The Kier molecular flexibility index (Phi) is 10.1. The maximum atomic E-state index is 13.9. The van der Waals surface area contributed by atoms with Gasteiger partial charge in [-0.2, -0.15) is 13.2 Å². The fourth-order valence-electron chi connectivity index (χ4n) is 7.03. The van der Waals surface area contributed by atoms with E-state index in [1.165, 1.54) is 6.07 Å². The molecule has 4 aliphatic rings. The summed E-state index contributed by atoms with van der Waals surface area (Å²) < 4.78 is 41.0. The number of carbonyl (C=O) groups is 3. The Morgan fingerprint density at radius 1 is 1.02 bits per heavy atom. The quantitative estimate of drug-likeness (QED) is 0.360. The molecular weight excluding hydrogens is 659 g/mol. The highest BCUT2D eigenvalue weighted by molar-refractivity contribution is 7.10. The fraction of sp³-hybridized carbons (Fsp3) is 0.581. The van der Waals surface area contributed by atoms with Crippen LogP contribution in [0.2, 0.25) is 5.02 Å². The molecule has 1 aromatic heterocycles. The van der Waals surface area contributed by atoms with E-state index >= 15 is 0 Å². The van der Waals surface area contributed by atoms with E-state index in [4.69, 9.17) is 11.6 Å². The number of aromatic hydroxyl groups is 1. The molecular formula is C31H39ClF3N7O4S. The predicted octanol–water partition coefficient (Wildman–Crippen LogP) is 4.15. The van der Waals surface area contributed by atoms with Crippen LogP contribution in [0.25, 0.3) is 0 Å². The van der Waals surface area contributed by atoms with Gasteiger partial charge < -0.3 is 35.8 Å². The standard InChI is InChI=1S/C31H39ClF3N7O4S/c32-23-16-19(15-22(27(23)43)31(33,34)35)17-25(28(44)40-12-10-39(11-13-40)20-1-6-36-7-2-20)38-29(45)41-8-3-21(4-9-41)42-18-26-24(5-14-47-26)37-30(42)46/h5,14-16,20-21,25,36,43H,1-4,6-13,17-18H2,(H,37,46)(H,38,45)/t25-/m1/s1. The SMILES string of the molecule is O=C(N[C@H](Cc1cc(Cl)c(O)c(C(F)(F)F)c1)C(=O)N1CCN(C2CCNCC2)CC1)N1CCC(N2Cc3sccc3NC2=O)CC1. The zero-order chi connectivity index (χ0) is 33.3. The van der Waals surface area contributed by atoms with Crippen LogP contribution in [0.5, 0.6) is 5.75 Å². The third-order valence-electron chi connectivity index (χ3n) is 9.67. The number of hydrogen-bond donors (Lipinski definition) is 4. The normalized spacial score (nSPS) is 20.9. The molecule has 1 atom stereocenters. The Morgan fingerprint density at radius 2 is 1.72 bits per heavy atom. The minimum atomic E-state index is -4.86. The highest BCUT2D eigenvalue weighted by atomic mass is 35.5.